The molecule has 1 N–H and O–H groups in total. The molecule has 0 saturated heterocycles. The molecule has 4 nitrogen and oxygen atoms in total. The Morgan fingerprint density at radius 1 is 1.25 bits per heavy atom. The van der Waals surface area contributed by atoms with Crippen molar-refractivity contribution in [2.75, 3.05) is 0 Å². The number of aryl methyl sites for hydroxylation is 3. The SMILES string of the molecule is Cc1cc(C)cc(-n2nc(C)c(CCC(=O)O)c2Br)c1. The fraction of sp³-hybridized carbons (Fsp3) is 0.333. The first-order valence-electron chi connectivity index (χ1n) is 6.43. The van der Waals surface area contributed by atoms with E-state index in [0.717, 1.165) is 21.5 Å². The molecule has 0 saturated carbocycles. The third kappa shape index (κ3) is 3.10. The lowest BCUT2D eigenvalue weighted by atomic mass is 10.1. The van der Waals surface area contributed by atoms with E-state index in [1.165, 1.54) is 11.1 Å². The van der Waals surface area contributed by atoms with E-state index in [1.54, 1.807) is 0 Å². The van der Waals surface area contributed by atoms with E-state index >= 15 is 0 Å². The molecular weight excluding hydrogens is 320 g/mol. The molecule has 0 spiro atoms. The second-order valence-corrected chi connectivity index (χ2v) is 5.76. The lowest BCUT2D eigenvalue weighted by Gasteiger charge is -2.07. The van der Waals surface area contributed by atoms with Crippen LogP contribution in [0.25, 0.3) is 5.69 Å². The lowest BCUT2D eigenvalue weighted by Crippen LogP contribution is -2.00. The molecule has 0 bridgehead atoms. The van der Waals surface area contributed by atoms with E-state index in [4.69, 9.17) is 5.11 Å². The highest BCUT2D eigenvalue weighted by atomic mass is 79.9. The van der Waals surface area contributed by atoms with Crippen LogP contribution in [0, 0.1) is 20.8 Å². The van der Waals surface area contributed by atoms with Crippen LogP contribution >= 0.6 is 15.9 Å². The summed E-state index contributed by atoms with van der Waals surface area (Å²) in [5.74, 6) is -0.796. The van der Waals surface area contributed by atoms with Crippen molar-refractivity contribution in [2.45, 2.75) is 33.6 Å². The summed E-state index contributed by atoms with van der Waals surface area (Å²) in [6, 6.07) is 6.23. The Labute approximate surface area is 126 Å². The molecular formula is C15H17BrN2O2. The smallest absolute Gasteiger partial charge is 0.303 e. The minimum absolute atomic E-state index is 0.109. The topological polar surface area (TPSA) is 55.1 Å². The first-order valence-corrected chi connectivity index (χ1v) is 7.22. The maximum absolute atomic E-state index is 10.7. The third-order valence-electron chi connectivity index (χ3n) is 3.16. The normalized spacial score (nSPS) is 10.8. The van der Waals surface area contributed by atoms with E-state index in [2.05, 4.69) is 39.2 Å². The average molecular weight is 337 g/mol. The van der Waals surface area contributed by atoms with Gasteiger partial charge in [0.2, 0.25) is 0 Å². The molecule has 1 aromatic heterocycles. The molecule has 0 aliphatic rings. The van der Waals surface area contributed by atoms with Crippen LogP contribution in [0.15, 0.2) is 22.8 Å². The molecule has 0 radical (unpaired) electrons. The van der Waals surface area contributed by atoms with Gasteiger partial charge in [-0.05, 0) is 66.4 Å². The van der Waals surface area contributed by atoms with Crippen molar-refractivity contribution < 1.29 is 9.90 Å². The van der Waals surface area contributed by atoms with E-state index in [1.807, 2.05) is 25.5 Å². The van der Waals surface area contributed by atoms with Crippen molar-refractivity contribution in [1.29, 1.82) is 0 Å². The Balaban J connectivity index is 2.43. The van der Waals surface area contributed by atoms with Crippen LogP contribution in [-0.2, 0) is 11.2 Å². The Kier molecular flexibility index (Phi) is 4.28. The van der Waals surface area contributed by atoms with Crippen LogP contribution in [-0.4, -0.2) is 20.9 Å². The van der Waals surface area contributed by atoms with Gasteiger partial charge >= 0.3 is 5.97 Å². The highest BCUT2D eigenvalue weighted by Gasteiger charge is 2.15. The number of aromatic nitrogens is 2. The standard InChI is InChI=1S/C15H17BrN2O2/c1-9-6-10(2)8-12(7-9)18-15(16)13(11(3)17-18)4-5-14(19)20/h6-8H,4-5H2,1-3H3,(H,19,20). The molecule has 20 heavy (non-hydrogen) atoms. The van der Waals surface area contributed by atoms with Gasteiger partial charge in [0.25, 0.3) is 0 Å². The maximum Gasteiger partial charge on any atom is 0.303 e. The summed E-state index contributed by atoms with van der Waals surface area (Å²) < 4.78 is 2.66. The Hall–Kier alpha value is -1.62. The van der Waals surface area contributed by atoms with E-state index in [-0.39, 0.29) is 6.42 Å². The number of carbonyl (C=O) groups is 1. The number of carboxylic acid groups (broad SMARTS) is 1. The predicted molar refractivity (Wildman–Crippen MR) is 81.4 cm³/mol. The summed E-state index contributed by atoms with van der Waals surface area (Å²) in [7, 11) is 0. The predicted octanol–water partition coefficient (Wildman–Crippen LogP) is 3.58. The van der Waals surface area contributed by atoms with Crippen LogP contribution in [0.4, 0.5) is 0 Å². The van der Waals surface area contributed by atoms with Crippen molar-refractivity contribution >= 4 is 21.9 Å². The van der Waals surface area contributed by atoms with Gasteiger partial charge in [-0.3, -0.25) is 4.79 Å². The van der Waals surface area contributed by atoms with Crippen molar-refractivity contribution in [3.05, 3.63) is 45.2 Å². The minimum atomic E-state index is -0.796. The summed E-state index contributed by atoms with van der Waals surface area (Å²) in [5, 5.41) is 13.3. The van der Waals surface area contributed by atoms with Crippen molar-refractivity contribution in [2.24, 2.45) is 0 Å². The number of halogens is 1. The van der Waals surface area contributed by atoms with Gasteiger partial charge in [-0.15, -0.1) is 0 Å². The Morgan fingerprint density at radius 3 is 2.40 bits per heavy atom. The zero-order valence-electron chi connectivity index (χ0n) is 11.8. The molecule has 2 aromatic rings. The number of rotatable bonds is 4. The quantitative estimate of drug-likeness (QED) is 0.928. The molecule has 0 fully saturated rings. The Morgan fingerprint density at radius 2 is 1.85 bits per heavy atom. The zero-order valence-corrected chi connectivity index (χ0v) is 13.4. The number of aliphatic carboxylic acids is 1. The molecule has 0 aliphatic heterocycles. The highest BCUT2D eigenvalue weighted by molar-refractivity contribution is 9.10. The third-order valence-corrected chi connectivity index (χ3v) is 3.98. The molecule has 106 valence electrons. The van der Waals surface area contributed by atoms with Crippen LogP contribution < -0.4 is 0 Å². The number of hydrogen-bond acceptors (Lipinski definition) is 2. The van der Waals surface area contributed by atoms with Crippen molar-refractivity contribution in [3.8, 4) is 5.69 Å². The number of hydrogen-bond donors (Lipinski definition) is 1. The number of benzene rings is 1. The average Bonchev–Trinajstić information content (AvgIpc) is 2.61. The van der Waals surface area contributed by atoms with Crippen LogP contribution in [0.1, 0.15) is 28.8 Å². The molecule has 1 heterocycles. The summed E-state index contributed by atoms with van der Waals surface area (Å²) in [6.45, 7) is 6.00. The summed E-state index contributed by atoms with van der Waals surface area (Å²) in [6.07, 6.45) is 0.588. The largest absolute Gasteiger partial charge is 0.481 e. The van der Waals surface area contributed by atoms with Gasteiger partial charge in [-0.25, -0.2) is 4.68 Å². The van der Waals surface area contributed by atoms with E-state index in [0.29, 0.717) is 6.42 Å². The highest BCUT2D eigenvalue weighted by Crippen LogP contribution is 2.26. The van der Waals surface area contributed by atoms with Crippen molar-refractivity contribution in [3.63, 3.8) is 0 Å². The molecule has 2 rings (SSSR count). The molecule has 0 atom stereocenters. The molecule has 5 heteroatoms. The lowest BCUT2D eigenvalue weighted by molar-refractivity contribution is -0.136. The van der Waals surface area contributed by atoms with Gasteiger partial charge in [0, 0.05) is 12.0 Å². The van der Waals surface area contributed by atoms with Gasteiger partial charge in [-0.1, -0.05) is 6.07 Å². The maximum atomic E-state index is 10.7. The monoisotopic (exact) mass is 336 g/mol. The van der Waals surface area contributed by atoms with Gasteiger partial charge in [0.05, 0.1) is 11.4 Å². The van der Waals surface area contributed by atoms with Gasteiger partial charge in [-0.2, -0.15) is 5.10 Å². The molecule has 0 aliphatic carbocycles. The first kappa shape index (κ1) is 14.8. The minimum Gasteiger partial charge on any atom is -0.481 e. The van der Waals surface area contributed by atoms with Gasteiger partial charge in [0.15, 0.2) is 0 Å². The second-order valence-electron chi connectivity index (χ2n) is 5.01. The molecule has 1 aromatic carbocycles. The second kappa shape index (κ2) is 5.79. The number of carboxylic acids is 1. The first-order chi connectivity index (χ1) is 9.38. The fourth-order valence-electron chi connectivity index (χ4n) is 2.29. The van der Waals surface area contributed by atoms with E-state index < -0.39 is 5.97 Å². The van der Waals surface area contributed by atoms with Crippen LogP contribution in [0.2, 0.25) is 0 Å². The fourth-order valence-corrected chi connectivity index (χ4v) is 3.06. The van der Waals surface area contributed by atoms with Crippen LogP contribution in [0.3, 0.4) is 0 Å². The van der Waals surface area contributed by atoms with Gasteiger partial charge < -0.3 is 5.11 Å². The summed E-state index contributed by atoms with van der Waals surface area (Å²) in [4.78, 5) is 10.7. The summed E-state index contributed by atoms with van der Waals surface area (Å²) >= 11 is 3.55. The zero-order chi connectivity index (χ0) is 14.9. The summed E-state index contributed by atoms with van der Waals surface area (Å²) in [5.41, 5.74) is 5.14. The van der Waals surface area contributed by atoms with Gasteiger partial charge in [0.1, 0.15) is 4.60 Å². The number of nitrogens with zero attached hydrogens (tertiary/aromatic N) is 2. The molecule has 0 amide bonds. The van der Waals surface area contributed by atoms with Crippen LogP contribution in [0.5, 0.6) is 0 Å². The van der Waals surface area contributed by atoms with E-state index in [9.17, 15) is 4.79 Å². The van der Waals surface area contributed by atoms with Crippen molar-refractivity contribution in [1.82, 2.24) is 9.78 Å². The Bertz CT molecular complexity index is 642. The molecule has 0 unspecified atom stereocenters.